The van der Waals surface area contributed by atoms with Gasteiger partial charge < -0.3 is 5.32 Å². The van der Waals surface area contributed by atoms with Crippen LogP contribution in [0.1, 0.15) is 56.6 Å². The summed E-state index contributed by atoms with van der Waals surface area (Å²) in [6.07, 6.45) is 10.7. The number of thioether (sulfide) groups is 1. The van der Waals surface area contributed by atoms with Crippen LogP contribution in [0.25, 0.3) is 0 Å². The van der Waals surface area contributed by atoms with Gasteiger partial charge in [-0.2, -0.15) is 0 Å². The highest BCUT2D eigenvalue weighted by molar-refractivity contribution is 8.00. The van der Waals surface area contributed by atoms with Crippen molar-refractivity contribution in [3.8, 4) is 0 Å². The lowest BCUT2D eigenvalue weighted by atomic mass is 9.95. The van der Waals surface area contributed by atoms with Crippen LogP contribution >= 0.6 is 11.8 Å². The van der Waals surface area contributed by atoms with Crippen molar-refractivity contribution in [2.24, 2.45) is 0 Å². The minimum Gasteiger partial charge on any atom is -0.314 e. The maximum Gasteiger partial charge on any atom is 0.0109 e. The largest absolute Gasteiger partial charge is 0.314 e. The van der Waals surface area contributed by atoms with E-state index in [4.69, 9.17) is 0 Å². The molecule has 2 aliphatic rings. The van der Waals surface area contributed by atoms with E-state index in [0.29, 0.717) is 0 Å². The van der Waals surface area contributed by atoms with E-state index in [2.05, 4.69) is 42.2 Å². The summed E-state index contributed by atoms with van der Waals surface area (Å²) in [5.74, 6) is 0. The third-order valence-electron chi connectivity index (χ3n) is 4.68. The fraction of sp³-hybridized carbons (Fsp3) is 0.667. The lowest BCUT2D eigenvalue weighted by Gasteiger charge is -2.29. The molecule has 2 heteroatoms. The van der Waals surface area contributed by atoms with Crippen molar-refractivity contribution < 1.29 is 0 Å². The Morgan fingerprint density at radius 3 is 2.95 bits per heavy atom. The molecule has 0 amide bonds. The van der Waals surface area contributed by atoms with Crippen molar-refractivity contribution >= 4 is 11.8 Å². The SMILES string of the molecule is CCCNC1CCCC(Sc2ccc3c(c2)CCC3)C1. The Morgan fingerprint density at radius 2 is 2.05 bits per heavy atom. The third kappa shape index (κ3) is 3.59. The summed E-state index contributed by atoms with van der Waals surface area (Å²) < 4.78 is 0. The molecule has 0 spiro atoms. The second-order valence-electron chi connectivity index (χ2n) is 6.34. The van der Waals surface area contributed by atoms with Gasteiger partial charge in [0.15, 0.2) is 0 Å². The lowest BCUT2D eigenvalue weighted by molar-refractivity contribution is 0.381. The maximum atomic E-state index is 3.72. The van der Waals surface area contributed by atoms with Crippen molar-refractivity contribution in [3.63, 3.8) is 0 Å². The third-order valence-corrected chi connectivity index (χ3v) is 5.97. The smallest absolute Gasteiger partial charge is 0.0109 e. The Bertz CT molecular complexity index is 443. The second-order valence-corrected chi connectivity index (χ2v) is 7.72. The first-order chi connectivity index (χ1) is 9.85. The molecular formula is C18H27NS. The van der Waals surface area contributed by atoms with Gasteiger partial charge in [0.25, 0.3) is 0 Å². The predicted molar refractivity (Wildman–Crippen MR) is 88.7 cm³/mol. The van der Waals surface area contributed by atoms with Gasteiger partial charge in [0.05, 0.1) is 0 Å². The van der Waals surface area contributed by atoms with Gasteiger partial charge >= 0.3 is 0 Å². The molecule has 1 saturated carbocycles. The molecule has 0 heterocycles. The van der Waals surface area contributed by atoms with Crippen LogP contribution in [0.15, 0.2) is 23.1 Å². The molecule has 20 heavy (non-hydrogen) atoms. The van der Waals surface area contributed by atoms with E-state index in [-0.39, 0.29) is 0 Å². The second kappa shape index (κ2) is 7.00. The molecule has 3 rings (SSSR count). The molecule has 1 aromatic rings. The quantitative estimate of drug-likeness (QED) is 0.851. The number of aryl methyl sites for hydroxylation is 2. The molecule has 0 aliphatic heterocycles. The zero-order valence-corrected chi connectivity index (χ0v) is 13.5. The Kier molecular flexibility index (Phi) is 5.06. The van der Waals surface area contributed by atoms with E-state index in [1.165, 1.54) is 62.8 Å². The normalized spacial score (nSPS) is 25.6. The maximum absolute atomic E-state index is 3.72. The average molecular weight is 289 g/mol. The van der Waals surface area contributed by atoms with E-state index in [9.17, 15) is 0 Å². The van der Waals surface area contributed by atoms with Crippen molar-refractivity contribution in [3.05, 3.63) is 29.3 Å². The molecule has 1 fully saturated rings. The van der Waals surface area contributed by atoms with Crippen LogP contribution < -0.4 is 5.32 Å². The van der Waals surface area contributed by atoms with Gasteiger partial charge in [-0.25, -0.2) is 0 Å². The Morgan fingerprint density at radius 1 is 1.15 bits per heavy atom. The fourth-order valence-corrected chi connectivity index (χ4v) is 4.95. The molecule has 0 saturated heterocycles. The zero-order chi connectivity index (χ0) is 13.8. The van der Waals surface area contributed by atoms with E-state index in [1.54, 1.807) is 11.1 Å². The molecular weight excluding hydrogens is 262 g/mol. The first-order valence-electron chi connectivity index (χ1n) is 8.37. The highest BCUT2D eigenvalue weighted by Crippen LogP contribution is 2.35. The summed E-state index contributed by atoms with van der Waals surface area (Å²) in [6, 6.07) is 7.96. The standard InChI is InChI=1S/C18H27NS/c1-2-11-19-16-7-4-8-17(13-16)20-18-10-9-14-5-3-6-15(14)12-18/h9-10,12,16-17,19H,2-8,11,13H2,1H3. The summed E-state index contributed by atoms with van der Waals surface area (Å²) in [5.41, 5.74) is 3.21. The fourth-order valence-electron chi connectivity index (χ4n) is 3.60. The molecule has 1 aromatic carbocycles. The number of benzene rings is 1. The first-order valence-corrected chi connectivity index (χ1v) is 9.25. The van der Waals surface area contributed by atoms with Gasteiger partial charge in [0.1, 0.15) is 0 Å². The van der Waals surface area contributed by atoms with Crippen molar-refractivity contribution in [1.82, 2.24) is 5.32 Å². The van der Waals surface area contributed by atoms with Gasteiger partial charge in [-0.1, -0.05) is 19.4 Å². The summed E-state index contributed by atoms with van der Waals surface area (Å²) >= 11 is 2.13. The van der Waals surface area contributed by atoms with Crippen LogP contribution in [-0.2, 0) is 12.8 Å². The van der Waals surface area contributed by atoms with Crippen molar-refractivity contribution in [2.45, 2.75) is 74.5 Å². The molecule has 2 atom stereocenters. The van der Waals surface area contributed by atoms with Crippen LogP contribution in [0.2, 0.25) is 0 Å². The molecule has 0 bridgehead atoms. The van der Waals surface area contributed by atoms with Gasteiger partial charge in [0.2, 0.25) is 0 Å². The highest BCUT2D eigenvalue weighted by Gasteiger charge is 2.22. The van der Waals surface area contributed by atoms with E-state index in [0.717, 1.165) is 11.3 Å². The minimum atomic E-state index is 0.760. The molecule has 2 aliphatic carbocycles. The van der Waals surface area contributed by atoms with Gasteiger partial charge in [-0.15, -0.1) is 11.8 Å². The van der Waals surface area contributed by atoms with Gasteiger partial charge in [0, 0.05) is 16.2 Å². The van der Waals surface area contributed by atoms with Crippen LogP contribution in [0, 0.1) is 0 Å². The average Bonchev–Trinajstić information content (AvgIpc) is 2.93. The number of nitrogens with one attached hydrogen (secondary N) is 1. The summed E-state index contributed by atoms with van der Waals surface area (Å²) in [5, 5.41) is 4.53. The predicted octanol–water partition coefficient (Wildman–Crippen LogP) is 4.58. The number of hydrogen-bond acceptors (Lipinski definition) is 2. The van der Waals surface area contributed by atoms with Crippen LogP contribution in [0.4, 0.5) is 0 Å². The van der Waals surface area contributed by atoms with E-state index < -0.39 is 0 Å². The number of rotatable bonds is 5. The summed E-state index contributed by atoms with van der Waals surface area (Å²) in [7, 11) is 0. The molecule has 2 unspecified atom stereocenters. The molecule has 0 radical (unpaired) electrons. The zero-order valence-electron chi connectivity index (χ0n) is 12.7. The monoisotopic (exact) mass is 289 g/mol. The van der Waals surface area contributed by atoms with E-state index in [1.807, 2.05) is 0 Å². The lowest BCUT2D eigenvalue weighted by Crippen LogP contribution is -2.35. The Labute approximate surface area is 127 Å². The molecule has 1 nitrogen and oxygen atoms in total. The highest BCUT2D eigenvalue weighted by atomic mass is 32.2. The van der Waals surface area contributed by atoms with Crippen molar-refractivity contribution in [2.75, 3.05) is 6.54 Å². The summed E-state index contributed by atoms with van der Waals surface area (Å²) in [4.78, 5) is 1.51. The Hall–Kier alpha value is -0.470. The van der Waals surface area contributed by atoms with Gasteiger partial charge in [-0.05, 0) is 74.8 Å². The first kappa shape index (κ1) is 14.5. The molecule has 110 valence electrons. The van der Waals surface area contributed by atoms with Gasteiger partial charge in [-0.3, -0.25) is 0 Å². The number of fused-ring (bicyclic) bond motifs is 1. The Balaban J connectivity index is 1.57. The minimum absolute atomic E-state index is 0.760. The van der Waals surface area contributed by atoms with Crippen LogP contribution in [0.5, 0.6) is 0 Å². The van der Waals surface area contributed by atoms with E-state index >= 15 is 0 Å². The van der Waals surface area contributed by atoms with Crippen molar-refractivity contribution in [1.29, 1.82) is 0 Å². The molecule has 0 aromatic heterocycles. The van der Waals surface area contributed by atoms with Crippen LogP contribution in [-0.4, -0.2) is 17.8 Å². The topological polar surface area (TPSA) is 12.0 Å². The van der Waals surface area contributed by atoms with Crippen LogP contribution in [0.3, 0.4) is 0 Å². The molecule has 1 N–H and O–H groups in total. The summed E-state index contributed by atoms with van der Waals surface area (Å²) in [6.45, 7) is 3.44. The number of hydrogen-bond donors (Lipinski definition) is 1.